The molecule has 0 aliphatic carbocycles. The van der Waals surface area contributed by atoms with Crippen LogP contribution in [-0.4, -0.2) is 12.0 Å². The lowest BCUT2D eigenvalue weighted by atomic mass is 10.2. The molecular weight excluding hydrogens is 200 g/mol. The molecule has 3 nitrogen and oxygen atoms in total. The van der Waals surface area contributed by atoms with Crippen molar-refractivity contribution in [3.8, 4) is 5.88 Å². The molecule has 1 N–H and O–H groups in total. The van der Waals surface area contributed by atoms with E-state index >= 15 is 0 Å². The third-order valence-corrected chi connectivity index (χ3v) is 2.21. The quantitative estimate of drug-likeness (QED) is 0.849. The van der Waals surface area contributed by atoms with Gasteiger partial charge in [0, 0.05) is 13.1 Å². The van der Waals surface area contributed by atoms with Gasteiger partial charge >= 0.3 is 0 Å². The molecule has 0 saturated heterocycles. The Morgan fingerprint density at radius 3 is 2.62 bits per heavy atom. The van der Waals surface area contributed by atoms with Gasteiger partial charge in [-0.2, -0.15) is 4.98 Å². The SMILES string of the molecule is CNc1cccc(OCc2ccccc2)n1. The standard InChI is InChI=1S/C13H14N2O/c1-14-12-8-5-9-13(15-12)16-10-11-6-3-2-4-7-11/h2-9H,10H2,1H3,(H,14,15). The summed E-state index contributed by atoms with van der Waals surface area (Å²) >= 11 is 0. The zero-order chi connectivity index (χ0) is 11.2. The van der Waals surface area contributed by atoms with Crippen LogP contribution < -0.4 is 10.1 Å². The molecule has 0 atom stereocenters. The molecule has 0 amide bonds. The molecule has 1 aromatic carbocycles. The fraction of sp³-hybridized carbons (Fsp3) is 0.154. The van der Waals surface area contributed by atoms with Gasteiger partial charge in [0.05, 0.1) is 0 Å². The Bertz CT molecular complexity index is 443. The third-order valence-electron chi connectivity index (χ3n) is 2.21. The summed E-state index contributed by atoms with van der Waals surface area (Å²) in [5.41, 5.74) is 1.14. The molecule has 1 aromatic heterocycles. The lowest BCUT2D eigenvalue weighted by molar-refractivity contribution is 0.294. The zero-order valence-corrected chi connectivity index (χ0v) is 9.18. The topological polar surface area (TPSA) is 34.1 Å². The highest BCUT2D eigenvalue weighted by molar-refractivity contribution is 5.36. The number of nitrogens with zero attached hydrogens (tertiary/aromatic N) is 1. The van der Waals surface area contributed by atoms with Crippen molar-refractivity contribution >= 4 is 5.82 Å². The number of ether oxygens (including phenoxy) is 1. The smallest absolute Gasteiger partial charge is 0.215 e. The minimum atomic E-state index is 0.543. The Morgan fingerprint density at radius 2 is 1.88 bits per heavy atom. The van der Waals surface area contributed by atoms with Crippen molar-refractivity contribution in [1.82, 2.24) is 4.98 Å². The van der Waals surface area contributed by atoms with Crippen molar-refractivity contribution in [2.75, 3.05) is 12.4 Å². The Kier molecular flexibility index (Phi) is 3.38. The maximum absolute atomic E-state index is 5.58. The van der Waals surface area contributed by atoms with Crippen LogP contribution in [-0.2, 0) is 6.61 Å². The maximum Gasteiger partial charge on any atom is 0.215 e. The summed E-state index contributed by atoms with van der Waals surface area (Å²) in [6.07, 6.45) is 0. The van der Waals surface area contributed by atoms with Gasteiger partial charge < -0.3 is 10.1 Å². The Morgan fingerprint density at radius 1 is 1.06 bits per heavy atom. The Hall–Kier alpha value is -2.03. The molecule has 0 aliphatic heterocycles. The van der Waals surface area contributed by atoms with Gasteiger partial charge in [0.25, 0.3) is 0 Å². The highest BCUT2D eigenvalue weighted by Gasteiger charge is 1.97. The second kappa shape index (κ2) is 5.16. The predicted octanol–water partition coefficient (Wildman–Crippen LogP) is 2.70. The molecule has 16 heavy (non-hydrogen) atoms. The van der Waals surface area contributed by atoms with Gasteiger partial charge in [0.15, 0.2) is 0 Å². The van der Waals surface area contributed by atoms with Gasteiger partial charge in [-0.15, -0.1) is 0 Å². The number of benzene rings is 1. The van der Waals surface area contributed by atoms with E-state index < -0.39 is 0 Å². The van der Waals surface area contributed by atoms with Crippen LogP contribution >= 0.6 is 0 Å². The molecule has 0 bridgehead atoms. The summed E-state index contributed by atoms with van der Waals surface area (Å²) in [4.78, 5) is 4.27. The second-order valence-electron chi connectivity index (χ2n) is 3.39. The first-order valence-electron chi connectivity index (χ1n) is 5.20. The first-order chi connectivity index (χ1) is 7.88. The van der Waals surface area contributed by atoms with Crippen LogP contribution in [0.4, 0.5) is 5.82 Å². The zero-order valence-electron chi connectivity index (χ0n) is 9.18. The van der Waals surface area contributed by atoms with E-state index in [2.05, 4.69) is 10.3 Å². The molecule has 2 rings (SSSR count). The van der Waals surface area contributed by atoms with Gasteiger partial charge in [-0.3, -0.25) is 0 Å². The summed E-state index contributed by atoms with van der Waals surface area (Å²) in [7, 11) is 1.84. The summed E-state index contributed by atoms with van der Waals surface area (Å²) in [6.45, 7) is 0.543. The van der Waals surface area contributed by atoms with E-state index in [0.717, 1.165) is 11.4 Å². The molecule has 0 saturated carbocycles. The number of anilines is 1. The van der Waals surface area contributed by atoms with Crippen LogP contribution in [0.15, 0.2) is 48.5 Å². The second-order valence-corrected chi connectivity index (χ2v) is 3.39. The molecule has 2 aromatic rings. The largest absolute Gasteiger partial charge is 0.473 e. The van der Waals surface area contributed by atoms with Crippen molar-refractivity contribution in [3.63, 3.8) is 0 Å². The third kappa shape index (κ3) is 2.73. The Balaban J connectivity index is 1.99. The van der Waals surface area contributed by atoms with Crippen LogP contribution in [0.25, 0.3) is 0 Å². The lowest BCUT2D eigenvalue weighted by Crippen LogP contribution is -1.99. The van der Waals surface area contributed by atoms with Gasteiger partial charge in [0.1, 0.15) is 12.4 Å². The average molecular weight is 214 g/mol. The molecule has 0 aliphatic rings. The first kappa shape index (κ1) is 10.5. The van der Waals surface area contributed by atoms with E-state index in [9.17, 15) is 0 Å². The lowest BCUT2D eigenvalue weighted by Gasteiger charge is -2.06. The molecule has 0 fully saturated rings. The average Bonchev–Trinajstić information content (AvgIpc) is 2.38. The van der Waals surface area contributed by atoms with Gasteiger partial charge in [-0.05, 0) is 11.6 Å². The van der Waals surface area contributed by atoms with Crippen LogP contribution in [0.2, 0.25) is 0 Å². The van der Waals surface area contributed by atoms with E-state index in [0.29, 0.717) is 12.5 Å². The van der Waals surface area contributed by atoms with Crippen molar-refractivity contribution in [2.45, 2.75) is 6.61 Å². The van der Waals surface area contributed by atoms with E-state index in [-0.39, 0.29) is 0 Å². The summed E-state index contributed by atoms with van der Waals surface area (Å²) in [6, 6.07) is 15.7. The van der Waals surface area contributed by atoms with Crippen molar-refractivity contribution in [3.05, 3.63) is 54.1 Å². The summed E-state index contributed by atoms with van der Waals surface area (Å²) < 4.78 is 5.58. The number of pyridine rings is 1. The fourth-order valence-electron chi connectivity index (χ4n) is 1.37. The van der Waals surface area contributed by atoms with Gasteiger partial charge in [0.2, 0.25) is 5.88 Å². The van der Waals surface area contributed by atoms with E-state index in [1.54, 1.807) is 0 Å². The molecule has 82 valence electrons. The molecule has 1 heterocycles. The summed E-state index contributed by atoms with van der Waals surface area (Å²) in [5.74, 6) is 1.45. The molecule has 0 unspecified atom stereocenters. The predicted molar refractivity (Wildman–Crippen MR) is 64.6 cm³/mol. The van der Waals surface area contributed by atoms with Crippen LogP contribution in [0.5, 0.6) is 5.88 Å². The van der Waals surface area contributed by atoms with E-state index in [1.165, 1.54) is 0 Å². The number of hydrogen-bond acceptors (Lipinski definition) is 3. The molecule has 0 spiro atoms. The molecular formula is C13H14N2O. The van der Waals surface area contributed by atoms with E-state index in [4.69, 9.17) is 4.74 Å². The first-order valence-corrected chi connectivity index (χ1v) is 5.20. The minimum absolute atomic E-state index is 0.543. The highest BCUT2D eigenvalue weighted by atomic mass is 16.5. The van der Waals surface area contributed by atoms with E-state index in [1.807, 2.05) is 55.6 Å². The molecule has 3 heteroatoms. The number of nitrogens with one attached hydrogen (secondary N) is 1. The van der Waals surface area contributed by atoms with Crippen LogP contribution in [0, 0.1) is 0 Å². The Labute approximate surface area is 95.1 Å². The fourth-order valence-corrected chi connectivity index (χ4v) is 1.37. The number of aromatic nitrogens is 1. The maximum atomic E-state index is 5.58. The van der Waals surface area contributed by atoms with Crippen LogP contribution in [0.3, 0.4) is 0 Å². The minimum Gasteiger partial charge on any atom is -0.473 e. The normalized spacial score (nSPS) is 9.81. The van der Waals surface area contributed by atoms with Crippen molar-refractivity contribution < 1.29 is 4.74 Å². The monoisotopic (exact) mass is 214 g/mol. The number of rotatable bonds is 4. The molecule has 0 radical (unpaired) electrons. The highest BCUT2D eigenvalue weighted by Crippen LogP contribution is 2.12. The summed E-state index contributed by atoms with van der Waals surface area (Å²) in [5, 5.41) is 2.97. The van der Waals surface area contributed by atoms with Gasteiger partial charge in [-0.1, -0.05) is 36.4 Å². The van der Waals surface area contributed by atoms with Gasteiger partial charge in [-0.25, -0.2) is 0 Å². The number of hydrogen-bond donors (Lipinski definition) is 1. The van der Waals surface area contributed by atoms with Crippen molar-refractivity contribution in [1.29, 1.82) is 0 Å². The van der Waals surface area contributed by atoms with Crippen molar-refractivity contribution in [2.24, 2.45) is 0 Å². The van der Waals surface area contributed by atoms with Crippen LogP contribution in [0.1, 0.15) is 5.56 Å².